The minimum atomic E-state index is 0.364. The lowest BCUT2D eigenvalue weighted by Crippen LogP contribution is -2.27. The molecule has 1 aliphatic rings. The van der Waals surface area contributed by atoms with Crippen molar-refractivity contribution in [2.24, 2.45) is 0 Å². The molecule has 0 spiro atoms. The fourth-order valence-electron chi connectivity index (χ4n) is 2.96. The van der Waals surface area contributed by atoms with Crippen LogP contribution in [0.15, 0.2) is 33.4 Å². The monoisotopic (exact) mass is 274 g/mol. The molecule has 0 amide bonds. The maximum absolute atomic E-state index is 5.63. The van der Waals surface area contributed by atoms with Crippen LogP contribution in [0.1, 0.15) is 55.9 Å². The van der Waals surface area contributed by atoms with Crippen LogP contribution in [0.25, 0.3) is 0 Å². The summed E-state index contributed by atoms with van der Waals surface area (Å²) in [5.74, 6) is 2.03. The highest BCUT2D eigenvalue weighted by molar-refractivity contribution is 5.08. The number of hydrogen-bond donors (Lipinski definition) is 0. The SMILES string of the molecule is CCc1cc(CN2CCCCCC2c2ccco2)on1. The molecule has 3 rings (SSSR count). The summed E-state index contributed by atoms with van der Waals surface area (Å²) in [4.78, 5) is 2.46. The highest BCUT2D eigenvalue weighted by Crippen LogP contribution is 2.31. The first kappa shape index (κ1) is 13.4. The number of aromatic nitrogens is 1. The second-order valence-electron chi connectivity index (χ2n) is 5.49. The molecule has 4 nitrogen and oxygen atoms in total. The van der Waals surface area contributed by atoms with E-state index in [9.17, 15) is 0 Å². The smallest absolute Gasteiger partial charge is 0.150 e. The average molecular weight is 274 g/mol. The highest BCUT2D eigenvalue weighted by Gasteiger charge is 2.25. The summed E-state index contributed by atoms with van der Waals surface area (Å²) in [6.07, 6.45) is 7.64. The van der Waals surface area contributed by atoms with Crippen LogP contribution in [0, 0.1) is 0 Å². The molecule has 1 fully saturated rings. The first-order chi connectivity index (χ1) is 9.86. The van der Waals surface area contributed by atoms with Gasteiger partial charge in [0.05, 0.1) is 24.5 Å². The van der Waals surface area contributed by atoms with Gasteiger partial charge in [-0.3, -0.25) is 4.90 Å². The highest BCUT2D eigenvalue weighted by atomic mass is 16.5. The van der Waals surface area contributed by atoms with Crippen molar-refractivity contribution in [2.75, 3.05) is 6.54 Å². The molecule has 0 saturated carbocycles. The van der Waals surface area contributed by atoms with Gasteiger partial charge in [0.1, 0.15) is 5.76 Å². The van der Waals surface area contributed by atoms with Gasteiger partial charge in [-0.15, -0.1) is 0 Å². The Morgan fingerprint density at radius 2 is 2.30 bits per heavy atom. The average Bonchev–Trinajstić information content (AvgIpc) is 3.09. The van der Waals surface area contributed by atoms with E-state index < -0.39 is 0 Å². The van der Waals surface area contributed by atoms with Gasteiger partial charge in [0, 0.05) is 6.07 Å². The van der Waals surface area contributed by atoms with Gasteiger partial charge >= 0.3 is 0 Å². The van der Waals surface area contributed by atoms with Gasteiger partial charge in [0.15, 0.2) is 5.76 Å². The number of furan rings is 1. The Hall–Kier alpha value is -1.55. The lowest BCUT2D eigenvalue weighted by molar-refractivity contribution is 0.152. The quantitative estimate of drug-likeness (QED) is 0.846. The Morgan fingerprint density at radius 3 is 3.05 bits per heavy atom. The second kappa shape index (κ2) is 6.27. The third-order valence-electron chi connectivity index (χ3n) is 4.06. The molecule has 20 heavy (non-hydrogen) atoms. The van der Waals surface area contributed by atoms with Crippen molar-refractivity contribution in [1.82, 2.24) is 10.1 Å². The largest absolute Gasteiger partial charge is 0.468 e. The molecule has 4 heteroatoms. The van der Waals surface area contributed by atoms with Crippen molar-refractivity contribution >= 4 is 0 Å². The summed E-state index contributed by atoms with van der Waals surface area (Å²) in [5.41, 5.74) is 1.03. The summed E-state index contributed by atoms with van der Waals surface area (Å²) in [6, 6.07) is 6.50. The lowest BCUT2D eigenvalue weighted by Gasteiger charge is -2.27. The van der Waals surface area contributed by atoms with Gasteiger partial charge in [-0.05, 0) is 37.9 Å². The van der Waals surface area contributed by atoms with Gasteiger partial charge in [0.2, 0.25) is 0 Å². The number of aryl methyl sites for hydroxylation is 1. The summed E-state index contributed by atoms with van der Waals surface area (Å²) in [5, 5.41) is 4.09. The molecule has 3 heterocycles. The van der Waals surface area contributed by atoms with Crippen LogP contribution >= 0.6 is 0 Å². The Kier molecular flexibility index (Phi) is 4.21. The van der Waals surface area contributed by atoms with E-state index in [4.69, 9.17) is 8.94 Å². The van der Waals surface area contributed by atoms with E-state index in [-0.39, 0.29) is 0 Å². The normalized spacial score (nSPS) is 20.9. The first-order valence-corrected chi connectivity index (χ1v) is 7.58. The standard InChI is InChI=1S/C16H22N2O2/c1-2-13-11-14(20-17-13)12-18-9-5-3-4-7-15(18)16-8-6-10-19-16/h6,8,10-11,15H,2-5,7,9,12H2,1H3. The molecular weight excluding hydrogens is 252 g/mol. The molecular formula is C16H22N2O2. The van der Waals surface area contributed by atoms with Crippen molar-refractivity contribution < 1.29 is 8.94 Å². The Balaban J connectivity index is 1.76. The van der Waals surface area contributed by atoms with E-state index in [2.05, 4.69) is 29.1 Å². The number of hydrogen-bond acceptors (Lipinski definition) is 4. The fraction of sp³-hybridized carbons (Fsp3) is 0.562. The molecule has 108 valence electrons. The molecule has 0 N–H and O–H groups in total. The molecule has 1 aliphatic heterocycles. The van der Waals surface area contributed by atoms with Crippen molar-refractivity contribution in [3.8, 4) is 0 Å². The molecule has 1 unspecified atom stereocenters. The summed E-state index contributed by atoms with van der Waals surface area (Å²) < 4.78 is 11.1. The lowest BCUT2D eigenvalue weighted by atomic mass is 10.1. The Bertz CT molecular complexity index is 518. The molecule has 2 aromatic heterocycles. The third-order valence-corrected chi connectivity index (χ3v) is 4.06. The van der Waals surface area contributed by atoms with E-state index in [0.717, 1.165) is 43.1 Å². The predicted octanol–water partition coefficient (Wildman–Crippen LogP) is 3.95. The summed E-state index contributed by atoms with van der Waals surface area (Å²) in [6.45, 7) is 4.01. The second-order valence-corrected chi connectivity index (χ2v) is 5.49. The molecule has 2 aromatic rings. The Morgan fingerprint density at radius 1 is 1.35 bits per heavy atom. The van der Waals surface area contributed by atoms with Gasteiger partial charge in [-0.25, -0.2) is 0 Å². The van der Waals surface area contributed by atoms with E-state index in [1.807, 2.05) is 6.07 Å². The van der Waals surface area contributed by atoms with E-state index in [1.165, 1.54) is 19.3 Å². The maximum Gasteiger partial charge on any atom is 0.150 e. The summed E-state index contributed by atoms with van der Waals surface area (Å²) >= 11 is 0. The zero-order chi connectivity index (χ0) is 13.8. The molecule has 1 saturated heterocycles. The molecule has 0 aromatic carbocycles. The van der Waals surface area contributed by atoms with E-state index in [0.29, 0.717) is 6.04 Å². The van der Waals surface area contributed by atoms with Crippen LogP contribution in [0.2, 0.25) is 0 Å². The minimum absolute atomic E-state index is 0.364. The van der Waals surface area contributed by atoms with Crippen LogP contribution in [0.3, 0.4) is 0 Å². The summed E-state index contributed by atoms with van der Waals surface area (Å²) in [7, 11) is 0. The Labute approximate surface area is 119 Å². The van der Waals surface area contributed by atoms with Crippen molar-refractivity contribution in [2.45, 2.75) is 51.6 Å². The fourth-order valence-corrected chi connectivity index (χ4v) is 2.96. The molecule has 0 radical (unpaired) electrons. The van der Waals surface area contributed by atoms with Gasteiger partial charge in [-0.2, -0.15) is 0 Å². The zero-order valence-electron chi connectivity index (χ0n) is 12.0. The predicted molar refractivity (Wildman–Crippen MR) is 76.2 cm³/mol. The van der Waals surface area contributed by atoms with E-state index >= 15 is 0 Å². The van der Waals surface area contributed by atoms with Crippen LogP contribution in [0.4, 0.5) is 0 Å². The maximum atomic E-state index is 5.63. The van der Waals surface area contributed by atoms with E-state index in [1.54, 1.807) is 6.26 Å². The van der Waals surface area contributed by atoms with Crippen molar-refractivity contribution in [3.05, 3.63) is 41.7 Å². The van der Waals surface area contributed by atoms with Gasteiger partial charge < -0.3 is 8.94 Å². The van der Waals surface area contributed by atoms with Gasteiger partial charge in [-0.1, -0.05) is 24.9 Å². The zero-order valence-corrected chi connectivity index (χ0v) is 12.0. The van der Waals surface area contributed by atoms with Crippen molar-refractivity contribution in [1.29, 1.82) is 0 Å². The molecule has 0 aliphatic carbocycles. The molecule has 0 bridgehead atoms. The van der Waals surface area contributed by atoms with Crippen molar-refractivity contribution in [3.63, 3.8) is 0 Å². The van der Waals surface area contributed by atoms with Crippen LogP contribution in [0.5, 0.6) is 0 Å². The van der Waals surface area contributed by atoms with Crippen LogP contribution in [-0.4, -0.2) is 16.6 Å². The van der Waals surface area contributed by atoms with Gasteiger partial charge in [0.25, 0.3) is 0 Å². The number of likely N-dealkylation sites (tertiary alicyclic amines) is 1. The number of rotatable bonds is 4. The number of nitrogens with zero attached hydrogens (tertiary/aromatic N) is 2. The third kappa shape index (κ3) is 2.96. The minimum Gasteiger partial charge on any atom is -0.468 e. The first-order valence-electron chi connectivity index (χ1n) is 7.58. The van der Waals surface area contributed by atoms with Crippen LogP contribution in [-0.2, 0) is 13.0 Å². The topological polar surface area (TPSA) is 42.4 Å². The molecule has 1 atom stereocenters. The van der Waals surface area contributed by atoms with Crippen LogP contribution < -0.4 is 0 Å².